The zero-order valence-electron chi connectivity index (χ0n) is 24.6. The van der Waals surface area contributed by atoms with Crippen molar-refractivity contribution in [3.05, 3.63) is 69.9 Å². The Bertz CT molecular complexity index is 1580. The number of benzene rings is 2. The van der Waals surface area contributed by atoms with Crippen LogP contribution in [0.15, 0.2) is 53.3 Å². The first-order valence-corrected chi connectivity index (χ1v) is 14.6. The fourth-order valence-corrected chi connectivity index (χ4v) is 4.94. The van der Waals surface area contributed by atoms with Crippen molar-refractivity contribution in [2.24, 2.45) is 0 Å². The third kappa shape index (κ3) is 6.80. The van der Waals surface area contributed by atoms with Crippen molar-refractivity contribution in [3.8, 4) is 5.69 Å². The molecule has 3 aromatic rings. The van der Waals surface area contributed by atoms with Gasteiger partial charge in [-0.2, -0.15) is 9.67 Å². The number of carbonyl (C=O) groups excluding carboxylic acids is 4. The molecule has 2 aromatic carbocycles. The van der Waals surface area contributed by atoms with E-state index >= 15 is 0 Å². The number of cyclic esters (lactones) is 1. The van der Waals surface area contributed by atoms with Gasteiger partial charge in [-0.05, 0) is 57.0 Å². The summed E-state index contributed by atoms with van der Waals surface area (Å²) in [4.78, 5) is 67.2. The number of nitrogens with zero attached hydrogens (tertiary/aromatic N) is 3. The third-order valence-corrected chi connectivity index (χ3v) is 7.28. The molecule has 4 amide bonds. The fraction of sp³-hybridized carbons (Fsp3) is 0.400. The number of nitrogens with one attached hydrogen (secondary N) is 3. The van der Waals surface area contributed by atoms with Crippen LogP contribution in [-0.2, 0) is 25.7 Å². The molecule has 3 N–H and O–H groups in total. The molecule has 1 fully saturated rings. The van der Waals surface area contributed by atoms with Gasteiger partial charge in [0, 0.05) is 12.1 Å². The normalized spacial score (nSPS) is 14.9. The number of amides is 4. The summed E-state index contributed by atoms with van der Waals surface area (Å²) in [5.41, 5.74) is -1.00. The number of hydrogen-bond acceptors (Lipinski definition) is 6. The molecule has 0 saturated carbocycles. The zero-order valence-corrected chi connectivity index (χ0v) is 25.4. The van der Waals surface area contributed by atoms with Crippen LogP contribution in [0.3, 0.4) is 0 Å². The van der Waals surface area contributed by atoms with Gasteiger partial charge in [0.05, 0.1) is 22.9 Å². The van der Waals surface area contributed by atoms with E-state index in [1.165, 1.54) is 35.2 Å². The molecule has 0 bridgehead atoms. The van der Waals surface area contributed by atoms with Gasteiger partial charge < -0.3 is 15.4 Å². The van der Waals surface area contributed by atoms with Gasteiger partial charge in [-0.3, -0.25) is 14.4 Å². The van der Waals surface area contributed by atoms with Gasteiger partial charge in [0.15, 0.2) is 5.60 Å². The van der Waals surface area contributed by atoms with E-state index in [4.69, 9.17) is 16.3 Å². The maximum atomic E-state index is 14.1. The lowest BCUT2D eigenvalue weighted by atomic mass is 10.1. The number of para-hydroxylation sites is 1. The number of halogens is 1. The summed E-state index contributed by atoms with van der Waals surface area (Å²) < 4.78 is 7.86. The van der Waals surface area contributed by atoms with Gasteiger partial charge in [0.2, 0.25) is 11.9 Å². The number of ether oxygens (including phenoxy) is 1. The predicted octanol–water partition coefficient (Wildman–Crippen LogP) is 4.47. The minimum absolute atomic E-state index is 0.00675. The molecule has 0 spiro atoms. The minimum Gasteiger partial charge on any atom is -0.433 e. The SMILES string of the molecule is CCCCCC(=O)Nc1ccc(Cl)c(NC(=O)C(c2[nH+]n(-c3ccccc3)c(=O)n2CCC)N2C(=O)OC(C)(C)C2=O)c1. The first-order valence-electron chi connectivity index (χ1n) is 14.3. The molecular weight excluding hydrogens is 576 g/mol. The average Bonchev–Trinajstić information content (AvgIpc) is 3.38. The van der Waals surface area contributed by atoms with Crippen molar-refractivity contribution in [1.29, 1.82) is 0 Å². The number of hydrogen-bond donors (Lipinski definition) is 2. The Hall–Kier alpha value is -4.45. The summed E-state index contributed by atoms with van der Waals surface area (Å²) in [7, 11) is 0. The van der Waals surface area contributed by atoms with Crippen LogP contribution in [0.4, 0.5) is 16.2 Å². The van der Waals surface area contributed by atoms with E-state index in [1.54, 1.807) is 36.4 Å². The molecule has 1 saturated heterocycles. The van der Waals surface area contributed by atoms with Crippen LogP contribution in [0.25, 0.3) is 5.69 Å². The molecule has 228 valence electrons. The summed E-state index contributed by atoms with van der Waals surface area (Å²) in [6.45, 7) is 6.93. The van der Waals surface area contributed by atoms with Gasteiger partial charge in [0.25, 0.3) is 11.8 Å². The highest BCUT2D eigenvalue weighted by Gasteiger charge is 2.55. The molecule has 1 aliphatic heterocycles. The first kappa shape index (κ1) is 31.5. The number of rotatable bonds is 12. The maximum absolute atomic E-state index is 14.1. The summed E-state index contributed by atoms with van der Waals surface area (Å²) >= 11 is 6.42. The molecule has 1 atom stereocenters. The maximum Gasteiger partial charge on any atom is 0.451 e. The Morgan fingerprint density at radius 1 is 1.00 bits per heavy atom. The number of imide groups is 1. The van der Waals surface area contributed by atoms with Crippen LogP contribution in [-0.4, -0.2) is 43.6 Å². The average molecular weight is 612 g/mol. The standard InChI is InChI=1S/C30H35ClN6O6/c1-5-7-9-14-23(38)32-19-15-16-21(31)22(18-19)33-26(39)24(36-27(40)30(3,4)43-29(36)42)25-34-37(20-12-10-8-11-13-20)28(41)35(25)17-6-2/h8,10-13,15-16,18,24H,5-7,9,14,17H2,1-4H3,(H,32,38)(H,33,39)/p+1. The van der Waals surface area contributed by atoms with E-state index in [2.05, 4.69) is 15.7 Å². The van der Waals surface area contributed by atoms with Crippen molar-refractivity contribution in [2.75, 3.05) is 10.6 Å². The highest BCUT2D eigenvalue weighted by atomic mass is 35.5. The topological polar surface area (TPSA) is 146 Å². The summed E-state index contributed by atoms with van der Waals surface area (Å²) in [6.07, 6.45) is 2.48. The van der Waals surface area contributed by atoms with Crippen molar-refractivity contribution < 1.29 is 29.0 Å². The van der Waals surface area contributed by atoms with Crippen molar-refractivity contribution in [1.82, 2.24) is 14.1 Å². The van der Waals surface area contributed by atoms with Crippen LogP contribution in [0.1, 0.15) is 71.7 Å². The number of anilines is 2. The summed E-state index contributed by atoms with van der Waals surface area (Å²) in [5, 5.41) is 8.59. The first-order chi connectivity index (χ1) is 20.5. The minimum atomic E-state index is -1.63. The molecule has 0 radical (unpaired) electrons. The van der Waals surface area contributed by atoms with Crippen molar-refractivity contribution in [2.45, 2.75) is 78.0 Å². The van der Waals surface area contributed by atoms with E-state index in [0.29, 0.717) is 29.1 Å². The number of aromatic nitrogens is 3. The highest BCUT2D eigenvalue weighted by Crippen LogP contribution is 2.33. The molecule has 1 aromatic heterocycles. The lowest BCUT2D eigenvalue weighted by molar-refractivity contribution is -0.490. The van der Waals surface area contributed by atoms with Crippen molar-refractivity contribution >= 4 is 46.8 Å². The van der Waals surface area contributed by atoms with Crippen LogP contribution in [0.5, 0.6) is 0 Å². The van der Waals surface area contributed by atoms with Crippen LogP contribution >= 0.6 is 11.6 Å². The molecule has 4 rings (SSSR count). The quantitative estimate of drug-likeness (QED) is 0.289. The predicted molar refractivity (Wildman–Crippen MR) is 160 cm³/mol. The molecule has 1 aliphatic rings. The molecule has 2 heterocycles. The second-order valence-electron chi connectivity index (χ2n) is 10.7. The van der Waals surface area contributed by atoms with Gasteiger partial charge in [-0.1, -0.05) is 56.5 Å². The van der Waals surface area contributed by atoms with Gasteiger partial charge in [0.1, 0.15) is 0 Å². The van der Waals surface area contributed by atoms with Gasteiger partial charge >= 0.3 is 17.6 Å². The van der Waals surface area contributed by atoms with E-state index in [9.17, 15) is 24.0 Å². The zero-order chi connectivity index (χ0) is 31.3. The van der Waals surface area contributed by atoms with E-state index in [1.807, 2.05) is 13.8 Å². The monoisotopic (exact) mass is 611 g/mol. The van der Waals surface area contributed by atoms with E-state index in [-0.39, 0.29) is 29.0 Å². The van der Waals surface area contributed by atoms with Gasteiger partial charge in [-0.25, -0.2) is 14.5 Å². The molecule has 43 heavy (non-hydrogen) atoms. The Balaban J connectivity index is 1.76. The Morgan fingerprint density at radius 3 is 2.35 bits per heavy atom. The molecule has 1 unspecified atom stereocenters. The van der Waals surface area contributed by atoms with Crippen LogP contribution < -0.4 is 21.4 Å². The van der Waals surface area contributed by atoms with Crippen molar-refractivity contribution in [3.63, 3.8) is 0 Å². The molecule has 12 nitrogen and oxygen atoms in total. The lowest BCUT2D eigenvalue weighted by Crippen LogP contribution is -2.46. The molecule has 13 heteroatoms. The van der Waals surface area contributed by atoms with E-state index in [0.717, 1.165) is 19.3 Å². The van der Waals surface area contributed by atoms with E-state index < -0.39 is 35.2 Å². The second-order valence-corrected chi connectivity index (χ2v) is 11.2. The number of unbranched alkanes of at least 4 members (excludes halogenated alkanes) is 2. The molecular formula is C30H36ClN6O6+. The van der Waals surface area contributed by atoms with Gasteiger partial charge in [-0.15, -0.1) is 4.68 Å². The fourth-order valence-electron chi connectivity index (χ4n) is 4.78. The van der Waals surface area contributed by atoms with Crippen LogP contribution in [0, 0.1) is 0 Å². The molecule has 0 aliphatic carbocycles. The summed E-state index contributed by atoms with van der Waals surface area (Å²) in [6, 6.07) is 11.7. The smallest absolute Gasteiger partial charge is 0.433 e. The number of H-pyrrole nitrogens is 1. The Labute approximate surface area is 253 Å². The Morgan fingerprint density at radius 2 is 1.72 bits per heavy atom. The van der Waals surface area contributed by atoms with Crippen LogP contribution in [0.2, 0.25) is 5.02 Å². The number of aromatic amines is 1. The lowest BCUT2D eigenvalue weighted by Gasteiger charge is -2.21. The Kier molecular flexibility index (Phi) is 9.70. The largest absolute Gasteiger partial charge is 0.451 e. The second kappa shape index (κ2) is 13.2. The third-order valence-electron chi connectivity index (χ3n) is 6.95. The highest BCUT2D eigenvalue weighted by molar-refractivity contribution is 6.34. The number of carbonyl (C=O) groups is 4. The summed E-state index contributed by atoms with van der Waals surface area (Å²) in [5.74, 6) is -1.78.